The van der Waals surface area contributed by atoms with Crippen LogP contribution in [-0.4, -0.2) is 28.8 Å². The average Bonchev–Trinajstić information content (AvgIpc) is 2.98. The zero-order valence-electron chi connectivity index (χ0n) is 15.5. The number of hydrogen-bond acceptors (Lipinski definition) is 4. The molecule has 0 aliphatic carbocycles. The first-order chi connectivity index (χ1) is 12.3. The summed E-state index contributed by atoms with van der Waals surface area (Å²) in [5, 5.41) is 14.6. The quantitative estimate of drug-likeness (QED) is 0.572. The molecule has 0 saturated heterocycles. The van der Waals surface area contributed by atoms with Crippen molar-refractivity contribution < 1.29 is 14.2 Å². The number of fused-ring (bicyclic) bond motifs is 5. The van der Waals surface area contributed by atoms with Crippen LogP contribution in [0, 0.1) is 0 Å². The number of benzene rings is 2. The fourth-order valence-electron chi connectivity index (χ4n) is 3.01. The van der Waals surface area contributed by atoms with E-state index in [4.69, 9.17) is 9.07 Å². The van der Waals surface area contributed by atoms with E-state index >= 15 is 0 Å². The van der Waals surface area contributed by atoms with E-state index in [0.717, 1.165) is 32.6 Å². The number of aromatic nitrogens is 1. The molecular formula is C21H22BNO3. The molecule has 4 nitrogen and oxygen atoms in total. The number of furan rings is 1. The Hall–Kier alpha value is -2.37. The summed E-state index contributed by atoms with van der Waals surface area (Å²) in [5.41, 5.74) is 0.963. The van der Waals surface area contributed by atoms with Crippen LogP contribution < -0.4 is 5.46 Å². The molecule has 0 saturated carbocycles. The van der Waals surface area contributed by atoms with Gasteiger partial charge in [-0.3, -0.25) is 0 Å². The van der Waals surface area contributed by atoms with Gasteiger partial charge in [-0.1, -0.05) is 29.7 Å². The maximum atomic E-state index is 10.3. The molecular weight excluding hydrogens is 325 g/mol. The van der Waals surface area contributed by atoms with Crippen LogP contribution in [0.15, 0.2) is 53.1 Å². The van der Waals surface area contributed by atoms with E-state index in [1.165, 1.54) is 0 Å². The number of hydrogen-bond donors (Lipinski definition) is 1. The largest absolute Gasteiger partial charge is 0.438 e. The SMILES string of the molecule is CC(C)(O)C(C)(C)OBc1ccc2ccc3oc4ncccc4c3c2c1. The molecule has 1 N–H and O–H groups in total. The summed E-state index contributed by atoms with van der Waals surface area (Å²) < 4.78 is 11.9. The fourth-order valence-corrected chi connectivity index (χ4v) is 3.01. The topological polar surface area (TPSA) is 55.5 Å². The minimum Gasteiger partial charge on any atom is -0.438 e. The van der Waals surface area contributed by atoms with Crippen molar-refractivity contribution in [2.24, 2.45) is 0 Å². The standard InChI is InChI=1S/C21H22BNO3/c1-20(2,24)21(3,4)26-22-14-9-7-13-8-10-17-18(16(13)12-14)15-6-5-11-23-19(15)25-17/h5-12,22,24H,1-4H3. The van der Waals surface area contributed by atoms with Crippen LogP contribution in [0.2, 0.25) is 0 Å². The van der Waals surface area contributed by atoms with Gasteiger partial charge in [-0.25, -0.2) is 4.98 Å². The van der Waals surface area contributed by atoms with Crippen molar-refractivity contribution in [2.75, 3.05) is 0 Å². The Morgan fingerprint density at radius 2 is 1.81 bits per heavy atom. The van der Waals surface area contributed by atoms with Gasteiger partial charge >= 0.3 is 7.48 Å². The maximum absolute atomic E-state index is 10.3. The van der Waals surface area contributed by atoms with Crippen molar-refractivity contribution in [1.29, 1.82) is 0 Å². The second-order valence-electron chi connectivity index (χ2n) is 7.81. The molecule has 0 atom stereocenters. The third-order valence-electron chi connectivity index (χ3n) is 5.37. The van der Waals surface area contributed by atoms with Gasteiger partial charge in [0, 0.05) is 17.0 Å². The number of rotatable bonds is 4. The molecule has 0 aliphatic heterocycles. The monoisotopic (exact) mass is 347 g/mol. The van der Waals surface area contributed by atoms with Crippen molar-refractivity contribution in [1.82, 2.24) is 4.98 Å². The smallest absolute Gasteiger partial charge is 0.309 e. The molecule has 132 valence electrons. The molecule has 0 spiro atoms. The van der Waals surface area contributed by atoms with Crippen molar-refractivity contribution in [2.45, 2.75) is 38.9 Å². The molecule has 5 heteroatoms. The van der Waals surface area contributed by atoms with E-state index in [-0.39, 0.29) is 0 Å². The van der Waals surface area contributed by atoms with Gasteiger partial charge in [0.05, 0.1) is 11.2 Å². The number of pyridine rings is 1. The molecule has 0 amide bonds. The van der Waals surface area contributed by atoms with Crippen molar-refractivity contribution in [3.63, 3.8) is 0 Å². The highest BCUT2D eigenvalue weighted by molar-refractivity contribution is 6.47. The highest BCUT2D eigenvalue weighted by Gasteiger charge is 2.35. The van der Waals surface area contributed by atoms with Crippen LogP contribution in [0.4, 0.5) is 0 Å². The van der Waals surface area contributed by atoms with Gasteiger partial charge in [0.2, 0.25) is 5.71 Å². The molecule has 0 bridgehead atoms. The first-order valence-electron chi connectivity index (χ1n) is 8.81. The predicted octanol–water partition coefficient (Wildman–Crippen LogP) is 3.68. The highest BCUT2D eigenvalue weighted by Crippen LogP contribution is 2.33. The van der Waals surface area contributed by atoms with Gasteiger partial charge in [-0.2, -0.15) is 0 Å². The Kier molecular flexibility index (Phi) is 3.83. The molecule has 0 fully saturated rings. The molecule has 4 aromatic rings. The second kappa shape index (κ2) is 5.83. The molecule has 0 unspecified atom stereocenters. The first kappa shape index (κ1) is 17.1. The molecule has 2 aromatic heterocycles. The van der Waals surface area contributed by atoms with Crippen LogP contribution in [0.3, 0.4) is 0 Å². The van der Waals surface area contributed by atoms with Crippen LogP contribution in [0.1, 0.15) is 27.7 Å². The summed E-state index contributed by atoms with van der Waals surface area (Å²) >= 11 is 0. The lowest BCUT2D eigenvalue weighted by atomic mass is 9.81. The molecule has 0 radical (unpaired) electrons. The zero-order valence-corrected chi connectivity index (χ0v) is 15.5. The second-order valence-corrected chi connectivity index (χ2v) is 7.81. The third-order valence-corrected chi connectivity index (χ3v) is 5.37. The molecule has 0 aliphatic rings. The minimum absolute atomic E-state index is 0.428. The lowest BCUT2D eigenvalue weighted by Gasteiger charge is -2.37. The molecule has 4 rings (SSSR count). The van der Waals surface area contributed by atoms with Gasteiger partial charge < -0.3 is 14.2 Å². The van der Waals surface area contributed by atoms with Crippen LogP contribution in [0.25, 0.3) is 32.8 Å². The zero-order chi connectivity index (χ0) is 18.5. The molecule has 26 heavy (non-hydrogen) atoms. The van der Waals surface area contributed by atoms with E-state index in [1.807, 2.05) is 32.0 Å². The van der Waals surface area contributed by atoms with Gasteiger partial charge in [0.1, 0.15) is 5.58 Å². The third kappa shape index (κ3) is 2.77. The van der Waals surface area contributed by atoms with Crippen molar-refractivity contribution >= 4 is 45.8 Å². The molecule has 2 aromatic carbocycles. The summed E-state index contributed by atoms with van der Waals surface area (Å²) in [4.78, 5) is 4.32. The van der Waals surface area contributed by atoms with Crippen LogP contribution >= 0.6 is 0 Å². The van der Waals surface area contributed by atoms with Crippen LogP contribution in [0.5, 0.6) is 0 Å². The van der Waals surface area contributed by atoms with Gasteiger partial charge in [-0.15, -0.1) is 0 Å². The fraction of sp³-hybridized carbons (Fsp3) is 0.286. The van der Waals surface area contributed by atoms with Crippen molar-refractivity contribution in [3.05, 3.63) is 48.7 Å². The highest BCUT2D eigenvalue weighted by atomic mass is 16.5. The Balaban J connectivity index is 1.80. The Morgan fingerprint density at radius 3 is 2.58 bits per heavy atom. The van der Waals surface area contributed by atoms with Gasteiger partial charge in [0.15, 0.2) is 0 Å². The Labute approximate surface area is 153 Å². The lowest BCUT2D eigenvalue weighted by Crippen LogP contribution is -2.49. The first-order valence-corrected chi connectivity index (χ1v) is 8.81. The van der Waals surface area contributed by atoms with E-state index < -0.39 is 11.2 Å². The number of nitrogens with zero attached hydrogens (tertiary/aromatic N) is 1. The van der Waals surface area contributed by atoms with E-state index in [0.29, 0.717) is 13.2 Å². The summed E-state index contributed by atoms with van der Waals surface area (Å²) in [7, 11) is 0.428. The van der Waals surface area contributed by atoms with Crippen LogP contribution in [-0.2, 0) is 4.65 Å². The minimum atomic E-state index is -0.927. The summed E-state index contributed by atoms with van der Waals surface area (Å²) in [6.45, 7) is 7.34. The van der Waals surface area contributed by atoms with Crippen molar-refractivity contribution in [3.8, 4) is 0 Å². The summed E-state index contributed by atoms with van der Waals surface area (Å²) in [6, 6.07) is 14.3. The van der Waals surface area contributed by atoms with E-state index in [2.05, 4.69) is 29.2 Å². The Morgan fingerprint density at radius 1 is 1.04 bits per heavy atom. The summed E-state index contributed by atoms with van der Waals surface area (Å²) in [5.74, 6) is 0. The van der Waals surface area contributed by atoms with E-state index in [1.54, 1.807) is 20.0 Å². The number of aliphatic hydroxyl groups is 1. The predicted molar refractivity (Wildman–Crippen MR) is 107 cm³/mol. The summed E-state index contributed by atoms with van der Waals surface area (Å²) in [6.07, 6.45) is 1.74. The normalized spacial score (nSPS) is 13.0. The average molecular weight is 347 g/mol. The molecule has 2 heterocycles. The maximum Gasteiger partial charge on any atom is 0.309 e. The van der Waals surface area contributed by atoms with Gasteiger partial charge in [-0.05, 0) is 56.7 Å². The lowest BCUT2D eigenvalue weighted by molar-refractivity contribution is -0.0893. The van der Waals surface area contributed by atoms with E-state index in [9.17, 15) is 5.11 Å². The Bertz CT molecular complexity index is 1110. The van der Waals surface area contributed by atoms with Gasteiger partial charge in [0.25, 0.3) is 0 Å².